The van der Waals surface area contributed by atoms with E-state index in [1.807, 2.05) is 60.7 Å². The molecule has 2 nitrogen and oxygen atoms in total. The van der Waals surface area contributed by atoms with Crippen LogP contribution in [0.15, 0.2) is 65.1 Å². The third-order valence-corrected chi connectivity index (χ3v) is 5.06. The second-order valence-electron chi connectivity index (χ2n) is 4.71. The van der Waals surface area contributed by atoms with Crippen LogP contribution < -0.4 is 4.74 Å². The molecular formula is C18H13IO2S. The van der Waals surface area contributed by atoms with Gasteiger partial charge in [0.15, 0.2) is 0 Å². The molecule has 2 aromatic carbocycles. The van der Waals surface area contributed by atoms with Gasteiger partial charge in [-0.2, -0.15) is 0 Å². The molecular weight excluding hydrogens is 407 g/mol. The van der Waals surface area contributed by atoms with Gasteiger partial charge in [-0.15, -0.1) is 0 Å². The minimum absolute atomic E-state index is 0.775. The first-order valence-electron chi connectivity index (χ1n) is 6.72. The third kappa shape index (κ3) is 3.08. The summed E-state index contributed by atoms with van der Waals surface area (Å²) in [5, 5.41) is 0. The van der Waals surface area contributed by atoms with Crippen molar-refractivity contribution < 1.29 is 9.15 Å². The van der Waals surface area contributed by atoms with E-state index < -0.39 is 0 Å². The fraction of sp³-hybridized carbons (Fsp3) is 0.0556. The maximum Gasteiger partial charge on any atom is 0.149 e. The highest BCUT2D eigenvalue weighted by Crippen LogP contribution is 2.32. The van der Waals surface area contributed by atoms with Gasteiger partial charge >= 0.3 is 0 Å². The summed E-state index contributed by atoms with van der Waals surface area (Å²) in [6.45, 7) is 0. The summed E-state index contributed by atoms with van der Waals surface area (Å²) in [6.07, 6.45) is 0. The van der Waals surface area contributed by atoms with Crippen LogP contribution >= 0.6 is 34.8 Å². The standard InChI is InChI=1S/C18H13IO2S/c1-20-14-9-7-13(8-10-14)18-17(19)16(22)11-15(21-18)12-5-3-2-4-6-12/h2-11H,1H3. The summed E-state index contributed by atoms with van der Waals surface area (Å²) in [4.78, 5) is 0. The molecule has 4 heteroatoms. The van der Waals surface area contributed by atoms with E-state index in [0.717, 1.165) is 36.5 Å². The number of halogens is 1. The first-order chi connectivity index (χ1) is 10.7. The van der Waals surface area contributed by atoms with Crippen molar-refractivity contribution in [2.24, 2.45) is 0 Å². The maximum absolute atomic E-state index is 6.12. The Morgan fingerprint density at radius 2 is 1.64 bits per heavy atom. The monoisotopic (exact) mass is 420 g/mol. The second-order valence-corrected chi connectivity index (χ2v) is 6.23. The minimum Gasteiger partial charge on any atom is -0.497 e. The third-order valence-electron chi connectivity index (χ3n) is 3.30. The lowest BCUT2D eigenvalue weighted by molar-refractivity contribution is 0.415. The number of rotatable bonds is 3. The van der Waals surface area contributed by atoms with Crippen LogP contribution in [0.3, 0.4) is 0 Å². The quantitative estimate of drug-likeness (QED) is 0.386. The van der Waals surface area contributed by atoms with Gasteiger partial charge in [0.05, 0.1) is 15.2 Å². The van der Waals surface area contributed by atoms with Crippen LogP contribution in [0.4, 0.5) is 0 Å². The minimum atomic E-state index is 0.775. The molecule has 1 aromatic heterocycles. The Hall–Kier alpha value is -1.66. The van der Waals surface area contributed by atoms with E-state index in [1.165, 1.54) is 0 Å². The fourth-order valence-electron chi connectivity index (χ4n) is 2.15. The summed E-state index contributed by atoms with van der Waals surface area (Å²) < 4.78 is 13.0. The van der Waals surface area contributed by atoms with Crippen molar-refractivity contribution in [3.05, 3.63) is 68.7 Å². The first-order valence-corrected chi connectivity index (χ1v) is 8.21. The molecule has 0 unspecified atom stereocenters. The Morgan fingerprint density at radius 3 is 2.27 bits per heavy atom. The predicted octanol–water partition coefficient (Wildman–Crippen LogP) is 5.96. The van der Waals surface area contributed by atoms with E-state index in [2.05, 4.69) is 22.6 Å². The van der Waals surface area contributed by atoms with E-state index in [0.29, 0.717) is 0 Å². The molecule has 0 fully saturated rings. The van der Waals surface area contributed by atoms with E-state index in [9.17, 15) is 0 Å². The SMILES string of the molecule is COc1ccc(-c2oc(-c3ccccc3)cc(=S)c2I)cc1. The Morgan fingerprint density at radius 1 is 0.955 bits per heavy atom. The molecule has 3 rings (SSSR count). The molecule has 0 amide bonds. The Balaban J connectivity index is 2.14. The number of methoxy groups -OCH3 is 1. The Labute approximate surface area is 147 Å². The van der Waals surface area contributed by atoms with Crippen LogP contribution in [0.25, 0.3) is 22.6 Å². The van der Waals surface area contributed by atoms with Crippen molar-refractivity contribution in [1.82, 2.24) is 0 Å². The summed E-state index contributed by atoms with van der Waals surface area (Å²) >= 11 is 7.72. The van der Waals surface area contributed by atoms with E-state index in [4.69, 9.17) is 21.4 Å². The van der Waals surface area contributed by atoms with Gasteiger partial charge < -0.3 is 9.15 Å². The average molecular weight is 420 g/mol. The molecule has 110 valence electrons. The summed E-state index contributed by atoms with van der Waals surface area (Å²) in [5.74, 6) is 2.38. The molecule has 0 aliphatic carbocycles. The van der Waals surface area contributed by atoms with Crippen LogP contribution in [0, 0.1) is 8.08 Å². The molecule has 1 heterocycles. The van der Waals surface area contributed by atoms with Crippen LogP contribution in [0.1, 0.15) is 0 Å². The average Bonchev–Trinajstić information content (AvgIpc) is 2.58. The summed E-state index contributed by atoms with van der Waals surface area (Å²) in [5.41, 5.74) is 1.99. The Bertz CT molecular complexity index is 839. The lowest BCUT2D eigenvalue weighted by Gasteiger charge is -2.09. The number of ether oxygens (including phenoxy) is 1. The predicted molar refractivity (Wildman–Crippen MR) is 99.7 cm³/mol. The topological polar surface area (TPSA) is 22.4 Å². The van der Waals surface area contributed by atoms with Gasteiger partial charge in [-0.1, -0.05) is 42.5 Å². The highest BCUT2D eigenvalue weighted by atomic mass is 127. The van der Waals surface area contributed by atoms with Crippen molar-refractivity contribution in [3.63, 3.8) is 0 Å². The normalized spacial score (nSPS) is 10.5. The molecule has 0 saturated heterocycles. The highest BCUT2D eigenvalue weighted by Gasteiger charge is 2.11. The number of benzene rings is 2. The van der Waals surface area contributed by atoms with Gasteiger partial charge in [0.25, 0.3) is 0 Å². The molecule has 0 bridgehead atoms. The summed E-state index contributed by atoms with van der Waals surface area (Å²) in [6, 6.07) is 19.7. The molecule has 0 radical (unpaired) electrons. The van der Waals surface area contributed by atoms with Crippen molar-refractivity contribution in [2.75, 3.05) is 7.11 Å². The number of hydrogen-bond acceptors (Lipinski definition) is 3. The molecule has 0 atom stereocenters. The molecule has 22 heavy (non-hydrogen) atoms. The molecule has 0 aliphatic rings. The van der Waals surface area contributed by atoms with Crippen molar-refractivity contribution in [1.29, 1.82) is 0 Å². The zero-order valence-electron chi connectivity index (χ0n) is 11.9. The van der Waals surface area contributed by atoms with E-state index >= 15 is 0 Å². The zero-order chi connectivity index (χ0) is 15.5. The van der Waals surface area contributed by atoms with Gasteiger partial charge in [0.1, 0.15) is 17.3 Å². The Kier molecular flexibility index (Phi) is 4.59. The largest absolute Gasteiger partial charge is 0.497 e. The van der Waals surface area contributed by atoms with Gasteiger partial charge in [-0.25, -0.2) is 0 Å². The maximum atomic E-state index is 6.12. The van der Waals surface area contributed by atoms with Crippen LogP contribution in [0.2, 0.25) is 0 Å². The van der Waals surface area contributed by atoms with Gasteiger partial charge in [0.2, 0.25) is 0 Å². The molecule has 3 aromatic rings. The second kappa shape index (κ2) is 6.62. The molecule has 0 spiro atoms. The zero-order valence-corrected chi connectivity index (χ0v) is 14.9. The number of hydrogen-bond donors (Lipinski definition) is 0. The highest BCUT2D eigenvalue weighted by molar-refractivity contribution is 14.1. The molecule has 0 aliphatic heterocycles. The molecule has 0 N–H and O–H groups in total. The van der Waals surface area contributed by atoms with Crippen molar-refractivity contribution in [3.8, 4) is 28.4 Å². The molecule has 0 saturated carbocycles. The van der Waals surface area contributed by atoms with Gasteiger partial charge in [0, 0.05) is 17.2 Å². The van der Waals surface area contributed by atoms with Crippen molar-refractivity contribution in [2.45, 2.75) is 0 Å². The fourth-order valence-corrected chi connectivity index (χ4v) is 2.93. The van der Waals surface area contributed by atoms with Crippen LogP contribution in [-0.2, 0) is 0 Å². The van der Waals surface area contributed by atoms with E-state index in [-0.39, 0.29) is 0 Å². The van der Waals surface area contributed by atoms with Gasteiger partial charge in [-0.05, 0) is 46.9 Å². The smallest absolute Gasteiger partial charge is 0.149 e. The lowest BCUT2D eigenvalue weighted by Crippen LogP contribution is -1.88. The van der Waals surface area contributed by atoms with Crippen LogP contribution in [-0.4, -0.2) is 7.11 Å². The lowest BCUT2D eigenvalue weighted by atomic mass is 10.1. The van der Waals surface area contributed by atoms with Gasteiger partial charge in [-0.3, -0.25) is 0 Å². The first kappa shape index (κ1) is 15.2. The van der Waals surface area contributed by atoms with Crippen molar-refractivity contribution >= 4 is 34.8 Å². The summed E-state index contributed by atoms with van der Waals surface area (Å²) in [7, 11) is 1.65. The van der Waals surface area contributed by atoms with Crippen LogP contribution in [0.5, 0.6) is 5.75 Å². The van der Waals surface area contributed by atoms with E-state index in [1.54, 1.807) is 7.11 Å².